The van der Waals surface area contributed by atoms with Gasteiger partial charge in [0.05, 0.1) is 11.9 Å². The van der Waals surface area contributed by atoms with E-state index < -0.39 is 33.4 Å². The summed E-state index contributed by atoms with van der Waals surface area (Å²) >= 11 is 0. The van der Waals surface area contributed by atoms with Crippen LogP contribution in [0.4, 0.5) is 5.69 Å². The smallest absolute Gasteiger partial charge is 0.245 e. The van der Waals surface area contributed by atoms with Crippen LogP contribution in [0.25, 0.3) is 10.9 Å². The molecule has 0 bridgehead atoms. The molecular weight excluding hydrogens is 550 g/mol. The van der Waals surface area contributed by atoms with E-state index >= 15 is 0 Å². The summed E-state index contributed by atoms with van der Waals surface area (Å²) in [5, 5.41) is 10.3. The molecule has 0 radical (unpaired) electrons. The van der Waals surface area contributed by atoms with E-state index in [9.17, 15) is 18.0 Å². The maximum absolute atomic E-state index is 14.4. The Balaban J connectivity index is 1.35. The predicted molar refractivity (Wildman–Crippen MR) is 164 cm³/mol. The highest BCUT2D eigenvalue weighted by molar-refractivity contribution is 7.92. The standard InChI is InChI=1S/C32H35N5O4S/c1-42(40,41)37-28-14-8-6-12-25(28)32(15-17-33-18-16-32)29(37)31(39)36-27(30(38)35-20-22-9-3-2-4-10-22)19-23-21-34-26-13-7-5-11-24(23)26/h2-14,21,27,29,33-34H,15-20H2,1H3,(H,35,38)(H,36,39)/t27-,29?/m0/s1. The summed E-state index contributed by atoms with van der Waals surface area (Å²) in [7, 11) is -3.82. The maximum atomic E-state index is 14.4. The molecule has 1 aromatic heterocycles. The van der Waals surface area contributed by atoms with Gasteiger partial charge in [-0.1, -0.05) is 66.7 Å². The van der Waals surface area contributed by atoms with Crippen LogP contribution >= 0.6 is 0 Å². The molecule has 0 saturated carbocycles. The minimum Gasteiger partial charge on any atom is -0.361 e. The van der Waals surface area contributed by atoms with E-state index in [1.54, 1.807) is 12.1 Å². The molecule has 2 aliphatic rings. The molecule has 2 amide bonds. The average Bonchev–Trinajstić information content (AvgIpc) is 3.53. The van der Waals surface area contributed by atoms with Crippen LogP contribution < -0.4 is 20.3 Å². The number of aromatic nitrogens is 1. The van der Waals surface area contributed by atoms with Gasteiger partial charge in [0, 0.05) is 35.5 Å². The Labute approximate surface area is 245 Å². The fourth-order valence-electron chi connectivity index (χ4n) is 6.63. The van der Waals surface area contributed by atoms with Crippen LogP contribution in [0.15, 0.2) is 85.1 Å². The average molecular weight is 586 g/mol. The molecule has 3 aromatic carbocycles. The van der Waals surface area contributed by atoms with Crippen molar-refractivity contribution in [2.45, 2.75) is 43.3 Å². The first-order chi connectivity index (χ1) is 20.3. The number of hydrogen-bond donors (Lipinski definition) is 4. The maximum Gasteiger partial charge on any atom is 0.245 e. The summed E-state index contributed by atoms with van der Waals surface area (Å²) in [6.45, 7) is 1.62. The van der Waals surface area contributed by atoms with Crippen molar-refractivity contribution in [1.82, 2.24) is 20.9 Å². The number of amides is 2. The van der Waals surface area contributed by atoms with Crippen molar-refractivity contribution in [2.75, 3.05) is 23.7 Å². The largest absolute Gasteiger partial charge is 0.361 e. The number of hydrogen-bond acceptors (Lipinski definition) is 5. The number of carbonyl (C=O) groups excluding carboxylic acids is 2. The summed E-state index contributed by atoms with van der Waals surface area (Å²) in [5.74, 6) is -0.809. The van der Waals surface area contributed by atoms with Gasteiger partial charge in [-0.15, -0.1) is 0 Å². The lowest BCUT2D eigenvalue weighted by Gasteiger charge is -2.41. The molecule has 1 unspecified atom stereocenters. The predicted octanol–water partition coefficient (Wildman–Crippen LogP) is 2.98. The molecule has 6 rings (SSSR count). The number of H-pyrrole nitrogens is 1. The molecule has 42 heavy (non-hydrogen) atoms. The second-order valence-corrected chi connectivity index (χ2v) is 13.1. The van der Waals surface area contributed by atoms with E-state index in [0.29, 0.717) is 38.2 Å². The third-order valence-corrected chi connectivity index (χ3v) is 9.70. The lowest BCUT2D eigenvalue weighted by atomic mass is 9.69. The van der Waals surface area contributed by atoms with Crippen molar-refractivity contribution in [2.24, 2.45) is 0 Å². The van der Waals surface area contributed by atoms with Gasteiger partial charge in [0.15, 0.2) is 0 Å². The normalized spacial score (nSPS) is 18.5. The molecule has 1 saturated heterocycles. The lowest BCUT2D eigenvalue weighted by Crippen LogP contribution is -2.61. The summed E-state index contributed by atoms with van der Waals surface area (Å²) in [4.78, 5) is 31.4. The van der Waals surface area contributed by atoms with Crippen LogP contribution in [0.2, 0.25) is 0 Å². The third kappa shape index (κ3) is 5.16. The zero-order valence-corrected chi connectivity index (χ0v) is 24.3. The highest BCUT2D eigenvalue weighted by Gasteiger charge is 2.57. The van der Waals surface area contributed by atoms with Gasteiger partial charge in [-0.25, -0.2) is 8.42 Å². The Morgan fingerprint density at radius 2 is 1.67 bits per heavy atom. The zero-order valence-electron chi connectivity index (χ0n) is 23.5. The molecule has 218 valence electrons. The summed E-state index contributed by atoms with van der Waals surface area (Å²) < 4.78 is 27.8. The third-order valence-electron chi connectivity index (χ3n) is 8.58. The monoisotopic (exact) mass is 585 g/mol. The van der Waals surface area contributed by atoms with Gasteiger partial charge >= 0.3 is 0 Å². The topological polar surface area (TPSA) is 123 Å². The van der Waals surface area contributed by atoms with E-state index in [1.165, 1.54) is 4.31 Å². The lowest BCUT2D eigenvalue weighted by molar-refractivity contribution is -0.130. The minimum absolute atomic E-state index is 0.240. The second kappa shape index (κ2) is 11.3. The fourth-order valence-corrected chi connectivity index (χ4v) is 7.83. The minimum atomic E-state index is -3.82. The van der Waals surface area contributed by atoms with E-state index in [2.05, 4.69) is 20.9 Å². The highest BCUT2D eigenvalue weighted by Crippen LogP contribution is 2.51. The van der Waals surface area contributed by atoms with Crippen LogP contribution in [0, 0.1) is 0 Å². The molecule has 2 atom stereocenters. The van der Waals surface area contributed by atoms with Gasteiger partial charge in [-0.2, -0.15) is 0 Å². The van der Waals surface area contributed by atoms with E-state index in [-0.39, 0.29) is 12.3 Å². The molecular formula is C32H35N5O4S. The first-order valence-electron chi connectivity index (χ1n) is 14.2. The molecule has 0 aliphatic carbocycles. The summed E-state index contributed by atoms with van der Waals surface area (Å²) in [6, 6.07) is 22.8. The summed E-state index contributed by atoms with van der Waals surface area (Å²) in [6.07, 6.45) is 4.43. The van der Waals surface area contributed by atoms with Gasteiger partial charge in [0.1, 0.15) is 12.1 Å². The van der Waals surface area contributed by atoms with Crippen molar-refractivity contribution in [1.29, 1.82) is 0 Å². The first-order valence-corrected chi connectivity index (χ1v) is 16.1. The number of aromatic amines is 1. The SMILES string of the molecule is CS(=O)(=O)N1c2ccccc2C2(CCNCC2)C1C(=O)N[C@@H](Cc1c[nH]c2ccccc12)C(=O)NCc1ccccc1. The van der Waals surface area contributed by atoms with Crippen molar-refractivity contribution < 1.29 is 18.0 Å². The Hall–Kier alpha value is -4.15. The van der Waals surface area contributed by atoms with Gasteiger partial charge < -0.3 is 20.9 Å². The molecule has 9 nitrogen and oxygen atoms in total. The van der Waals surface area contributed by atoms with Gasteiger partial charge in [-0.05, 0) is 54.8 Å². The number of carbonyl (C=O) groups is 2. The number of sulfonamides is 1. The number of nitrogens with zero attached hydrogens (tertiary/aromatic N) is 1. The number of fused-ring (bicyclic) bond motifs is 3. The second-order valence-electron chi connectivity index (χ2n) is 11.2. The Morgan fingerprint density at radius 1 is 0.976 bits per heavy atom. The molecule has 3 heterocycles. The molecule has 4 N–H and O–H groups in total. The van der Waals surface area contributed by atoms with Crippen molar-refractivity contribution in [3.63, 3.8) is 0 Å². The zero-order chi connectivity index (χ0) is 29.3. The van der Waals surface area contributed by atoms with E-state index in [0.717, 1.165) is 33.8 Å². The number of para-hydroxylation sites is 2. The Kier molecular flexibility index (Phi) is 7.51. The van der Waals surface area contributed by atoms with Gasteiger partial charge in [-0.3, -0.25) is 13.9 Å². The van der Waals surface area contributed by atoms with Crippen LogP contribution in [-0.2, 0) is 38.0 Å². The van der Waals surface area contributed by atoms with Crippen LogP contribution in [0.5, 0.6) is 0 Å². The molecule has 1 spiro atoms. The quantitative estimate of drug-likeness (QED) is 0.253. The number of rotatable bonds is 8. The Morgan fingerprint density at radius 3 is 2.43 bits per heavy atom. The molecule has 10 heteroatoms. The van der Waals surface area contributed by atoms with Crippen molar-refractivity contribution >= 4 is 38.4 Å². The fraction of sp³-hybridized carbons (Fsp3) is 0.312. The van der Waals surface area contributed by atoms with Gasteiger partial charge in [0.25, 0.3) is 0 Å². The van der Waals surface area contributed by atoms with Crippen molar-refractivity contribution in [3.05, 3.63) is 102 Å². The molecule has 2 aliphatic heterocycles. The van der Waals surface area contributed by atoms with Crippen LogP contribution in [-0.4, -0.2) is 56.6 Å². The van der Waals surface area contributed by atoms with Crippen LogP contribution in [0.3, 0.4) is 0 Å². The highest BCUT2D eigenvalue weighted by atomic mass is 32.2. The van der Waals surface area contributed by atoms with E-state index in [1.807, 2.05) is 72.9 Å². The number of piperidine rings is 1. The van der Waals surface area contributed by atoms with Gasteiger partial charge in [0.2, 0.25) is 21.8 Å². The van der Waals surface area contributed by atoms with Crippen molar-refractivity contribution in [3.8, 4) is 0 Å². The molecule has 1 fully saturated rings. The molecule has 4 aromatic rings. The number of nitrogens with one attached hydrogen (secondary N) is 4. The number of anilines is 1. The van der Waals surface area contributed by atoms with Crippen LogP contribution in [0.1, 0.15) is 29.5 Å². The summed E-state index contributed by atoms with van der Waals surface area (Å²) in [5.41, 5.74) is 3.44. The number of benzene rings is 3. The first kappa shape index (κ1) is 28.0. The van der Waals surface area contributed by atoms with E-state index in [4.69, 9.17) is 0 Å². The Bertz CT molecular complexity index is 1710.